The Kier molecular flexibility index (Phi) is 9.61. The third kappa shape index (κ3) is 6.63. The Morgan fingerprint density at radius 3 is 2.23 bits per heavy atom. The molecule has 0 bridgehead atoms. The van der Waals surface area contributed by atoms with Crippen LogP contribution in [-0.4, -0.2) is 65.5 Å². The molecule has 1 rings (SSSR count). The van der Waals surface area contributed by atoms with Crippen molar-refractivity contribution >= 4 is 11.6 Å². The number of ether oxygens (including phenoxy) is 4. The zero-order chi connectivity index (χ0) is 19.4. The lowest BCUT2D eigenvalue weighted by Crippen LogP contribution is -2.27. The summed E-state index contributed by atoms with van der Waals surface area (Å²) < 4.78 is 20.5. The van der Waals surface area contributed by atoms with Crippen molar-refractivity contribution in [2.75, 3.05) is 60.1 Å². The van der Waals surface area contributed by atoms with Crippen molar-refractivity contribution in [1.82, 2.24) is 4.90 Å². The van der Waals surface area contributed by atoms with Crippen molar-refractivity contribution < 1.29 is 23.7 Å². The summed E-state index contributed by atoms with van der Waals surface area (Å²) in [6, 6.07) is 6.89. The molecule has 0 aliphatic carbocycles. The molecule has 0 heterocycles. The molecule has 0 aliphatic rings. The first-order valence-electron chi connectivity index (χ1n) is 7.96. The number of amides is 1. The molecule has 0 spiro atoms. The van der Waals surface area contributed by atoms with E-state index < -0.39 is 5.91 Å². The maximum Gasteiger partial charge on any atom is 0.267 e. The third-order valence-corrected chi connectivity index (χ3v) is 3.48. The van der Waals surface area contributed by atoms with Gasteiger partial charge in [-0.3, -0.25) is 4.79 Å². The molecule has 8 nitrogen and oxygen atoms in total. The van der Waals surface area contributed by atoms with E-state index in [2.05, 4.69) is 5.32 Å². The summed E-state index contributed by atoms with van der Waals surface area (Å²) >= 11 is 0. The van der Waals surface area contributed by atoms with Crippen LogP contribution >= 0.6 is 0 Å². The standard InChI is InChI=1S/C18H25N3O5/c1-23-9-7-21(8-10-24-2)13-14(12-19)18(22)20-15-5-6-16(25-3)17(11-15)26-4/h5-6,11,13H,7-10H2,1-4H3,(H,20,22)/b14-13-. The van der Waals surface area contributed by atoms with E-state index in [1.165, 1.54) is 20.4 Å². The van der Waals surface area contributed by atoms with Crippen molar-refractivity contribution in [3.8, 4) is 17.6 Å². The SMILES string of the molecule is COCCN(/C=C(/C#N)C(=O)Nc1ccc(OC)c(OC)c1)CCOC. The second-order valence-electron chi connectivity index (χ2n) is 5.20. The average molecular weight is 363 g/mol. The molecule has 1 amide bonds. The van der Waals surface area contributed by atoms with E-state index in [9.17, 15) is 10.1 Å². The van der Waals surface area contributed by atoms with Gasteiger partial charge in [0.1, 0.15) is 11.6 Å². The van der Waals surface area contributed by atoms with Gasteiger partial charge in [-0.05, 0) is 12.1 Å². The molecule has 0 fully saturated rings. The van der Waals surface area contributed by atoms with Crippen molar-refractivity contribution in [3.05, 3.63) is 30.0 Å². The molecular weight excluding hydrogens is 338 g/mol. The summed E-state index contributed by atoms with van der Waals surface area (Å²) in [5.41, 5.74) is 0.473. The monoisotopic (exact) mass is 363 g/mol. The number of benzene rings is 1. The van der Waals surface area contributed by atoms with Gasteiger partial charge in [0.2, 0.25) is 0 Å². The van der Waals surface area contributed by atoms with Crippen molar-refractivity contribution in [2.24, 2.45) is 0 Å². The number of nitriles is 1. The van der Waals surface area contributed by atoms with Gasteiger partial charge in [0.05, 0.1) is 27.4 Å². The summed E-state index contributed by atoms with van der Waals surface area (Å²) in [4.78, 5) is 14.2. The Balaban J connectivity index is 2.91. The van der Waals surface area contributed by atoms with Gasteiger partial charge in [-0.25, -0.2) is 0 Å². The predicted molar refractivity (Wildman–Crippen MR) is 97.2 cm³/mol. The van der Waals surface area contributed by atoms with E-state index in [4.69, 9.17) is 18.9 Å². The molecule has 0 aromatic heterocycles. The van der Waals surface area contributed by atoms with Gasteiger partial charge in [-0.15, -0.1) is 0 Å². The molecule has 1 aromatic carbocycles. The summed E-state index contributed by atoms with van der Waals surface area (Å²) in [5.74, 6) is 0.515. The summed E-state index contributed by atoms with van der Waals surface area (Å²) in [6.45, 7) is 2.01. The Morgan fingerprint density at radius 1 is 1.12 bits per heavy atom. The number of carbonyl (C=O) groups excluding carboxylic acids is 1. The first-order valence-corrected chi connectivity index (χ1v) is 7.96. The lowest BCUT2D eigenvalue weighted by atomic mass is 10.2. The van der Waals surface area contributed by atoms with Gasteiger partial charge >= 0.3 is 0 Å². The fourth-order valence-electron chi connectivity index (χ4n) is 2.09. The zero-order valence-corrected chi connectivity index (χ0v) is 15.6. The Labute approximate surface area is 153 Å². The predicted octanol–water partition coefficient (Wildman–Crippen LogP) is 1.64. The van der Waals surface area contributed by atoms with E-state index in [1.54, 1.807) is 37.3 Å². The van der Waals surface area contributed by atoms with E-state index in [0.29, 0.717) is 43.5 Å². The molecule has 0 saturated carbocycles. The molecule has 1 N–H and O–H groups in total. The van der Waals surface area contributed by atoms with Crippen LogP contribution in [0.15, 0.2) is 30.0 Å². The van der Waals surface area contributed by atoms with Gasteiger partial charge in [0.25, 0.3) is 5.91 Å². The minimum atomic E-state index is -0.514. The number of nitrogens with zero attached hydrogens (tertiary/aromatic N) is 2. The molecule has 8 heteroatoms. The highest BCUT2D eigenvalue weighted by atomic mass is 16.5. The van der Waals surface area contributed by atoms with Crippen LogP contribution < -0.4 is 14.8 Å². The maximum absolute atomic E-state index is 12.4. The van der Waals surface area contributed by atoms with E-state index in [-0.39, 0.29) is 5.57 Å². The highest BCUT2D eigenvalue weighted by molar-refractivity contribution is 6.06. The molecule has 26 heavy (non-hydrogen) atoms. The Morgan fingerprint density at radius 2 is 1.73 bits per heavy atom. The van der Waals surface area contributed by atoms with Crippen LogP contribution in [-0.2, 0) is 14.3 Å². The highest BCUT2D eigenvalue weighted by Crippen LogP contribution is 2.29. The molecule has 0 unspecified atom stereocenters. The Bertz CT molecular complexity index is 647. The number of nitrogens with one attached hydrogen (secondary N) is 1. The van der Waals surface area contributed by atoms with Gasteiger partial charge in [0, 0.05) is 45.3 Å². The van der Waals surface area contributed by atoms with E-state index in [0.717, 1.165) is 0 Å². The first-order chi connectivity index (χ1) is 12.6. The highest BCUT2D eigenvalue weighted by Gasteiger charge is 2.13. The Hall–Kier alpha value is -2.76. The van der Waals surface area contributed by atoms with Crippen LogP contribution in [0.5, 0.6) is 11.5 Å². The van der Waals surface area contributed by atoms with Gasteiger partial charge < -0.3 is 29.2 Å². The van der Waals surface area contributed by atoms with Gasteiger partial charge in [0.15, 0.2) is 11.5 Å². The van der Waals surface area contributed by atoms with Gasteiger partial charge in [-0.2, -0.15) is 5.26 Å². The number of anilines is 1. The van der Waals surface area contributed by atoms with E-state index in [1.807, 2.05) is 6.07 Å². The number of hydrogen-bond acceptors (Lipinski definition) is 7. The molecule has 0 atom stereocenters. The largest absolute Gasteiger partial charge is 0.493 e. The van der Waals surface area contributed by atoms with E-state index >= 15 is 0 Å². The van der Waals surface area contributed by atoms with Crippen LogP contribution in [0.2, 0.25) is 0 Å². The lowest BCUT2D eigenvalue weighted by Gasteiger charge is -2.20. The summed E-state index contributed by atoms with van der Waals surface area (Å²) in [5, 5.41) is 12.0. The van der Waals surface area contributed by atoms with Crippen LogP contribution in [0.3, 0.4) is 0 Å². The molecule has 0 aliphatic heterocycles. The normalized spacial score (nSPS) is 10.8. The van der Waals surface area contributed by atoms with Crippen LogP contribution in [0.4, 0.5) is 5.69 Å². The molecule has 0 radical (unpaired) electrons. The smallest absolute Gasteiger partial charge is 0.267 e. The second kappa shape index (κ2) is 11.7. The number of carbonyl (C=O) groups is 1. The summed E-state index contributed by atoms with van der Waals surface area (Å²) in [7, 11) is 6.22. The van der Waals surface area contributed by atoms with Crippen LogP contribution in [0.25, 0.3) is 0 Å². The summed E-state index contributed by atoms with van der Waals surface area (Å²) in [6.07, 6.45) is 1.51. The fraction of sp³-hybridized carbons (Fsp3) is 0.444. The zero-order valence-electron chi connectivity index (χ0n) is 15.6. The molecular formula is C18H25N3O5. The first kappa shape index (κ1) is 21.3. The van der Waals surface area contributed by atoms with Crippen molar-refractivity contribution in [1.29, 1.82) is 5.26 Å². The minimum Gasteiger partial charge on any atom is -0.493 e. The maximum atomic E-state index is 12.4. The van der Waals surface area contributed by atoms with Gasteiger partial charge in [-0.1, -0.05) is 0 Å². The quantitative estimate of drug-likeness (QED) is 0.472. The van der Waals surface area contributed by atoms with Crippen LogP contribution in [0, 0.1) is 11.3 Å². The lowest BCUT2D eigenvalue weighted by molar-refractivity contribution is -0.112. The average Bonchev–Trinajstić information content (AvgIpc) is 2.67. The topological polar surface area (TPSA) is 93.1 Å². The van der Waals surface area contributed by atoms with Crippen molar-refractivity contribution in [3.63, 3.8) is 0 Å². The minimum absolute atomic E-state index is 0.0213. The van der Waals surface area contributed by atoms with Crippen LogP contribution in [0.1, 0.15) is 0 Å². The number of rotatable bonds is 11. The second-order valence-corrected chi connectivity index (χ2v) is 5.20. The molecule has 1 aromatic rings. The third-order valence-electron chi connectivity index (χ3n) is 3.48. The number of methoxy groups -OCH3 is 4. The number of hydrogen-bond donors (Lipinski definition) is 1. The molecule has 142 valence electrons. The fourth-order valence-corrected chi connectivity index (χ4v) is 2.09. The molecule has 0 saturated heterocycles. The van der Waals surface area contributed by atoms with Crippen molar-refractivity contribution in [2.45, 2.75) is 0 Å².